The zero-order chi connectivity index (χ0) is 20.6. The maximum atomic E-state index is 11.8. The van der Waals surface area contributed by atoms with E-state index in [0.717, 1.165) is 18.4 Å². The fourth-order valence-electron chi connectivity index (χ4n) is 2.35. The Kier molecular flexibility index (Phi) is 8.71. The molecule has 4 N–H and O–H groups in total. The minimum atomic E-state index is -5.08. The largest absolute Gasteiger partial charge is 0.490 e. The third kappa shape index (κ3) is 7.96. The number of hydrogen-bond donors (Lipinski definition) is 3. The molecule has 1 amide bonds. The van der Waals surface area contributed by atoms with Crippen LogP contribution in [0.1, 0.15) is 49.8 Å². The van der Waals surface area contributed by atoms with Crippen molar-refractivity contribution < 1.29 is 32.6 Å². The normalized spacial score (nSPS) is 17.8. The Morgan fingerprint density at radius 2 is 1.78 bits per heavy atom. The summed E-state index contributed by atoms with van der Waals surface area (Å²) in [6.07, 6.45) is -3.60. The third-order valence-electron chi connectivity index (χ3n) is 3.99. The van der Waals surface area contributed by atoms with Gasteiger partial charge in [0.15, 0.2) is 0 Å². The molecule has 1 saturated heterocycles. The summed E-state index contributed by atoms with van der Waals surface area (Å²) < 4.78 is 37.1. The number of ether oxygens (including phenoxy) is 1. The second kappa shape index (κ2) is 10.3. The van der Waals surface area contributed by atoms with Crippen LogP contribution in [0.25, 0.3) is 0 Å². The van der Waals surface area contributed by atoms with Gasteiger partial charge in [0.25, 0.3) is 0 Å². The maximum absolute atomic E-state index is 11.8. The summed E-state index contributed by atoms with van der Waals surface area (Å²) in [5.74, 6) is -2.29. The number of rotatable bonds is 5. The zero-order valence-corrected chi connectivity index (χ0v) is 15.3. The van der Waals surface area contributed by atoms with Crippen molar-refractivity contribution in [1.82, 2.24) is 5.32 Å². The summed E-state index contributed by atoms with van der Waals surface area (Å²) >= 11 is 0. The number of alkyl halides is 3. The van der Waals surface area contributed by atoms with Crippen LogP contribution < -0.4 is 11.1 Å². The van der Waals surface area contributed by atoms with Crippen LogP contribution in [0.5, 0.6) is 0 Å². The highest BCUT2D eigenvalue weighted by Crippen LogP contribution is 2.18. The first-order valence-corrected chi connectivity index (χ1v) is 8.57. The molecule has 1 aromatic carbocycles. The monoisotopic (exact) mass is 390 g/mol. The number of aliphatic carboxylic acids is 1. The average Bonchev–Trinajstić information content (AvgIpc) is 3.14. The molecule has 1 aliphatic rings. The minimum absolute atomic E-state index is 0.0447. The molecule has 0 spiro atoms. The van der Waals surface area contributed by atoms with Crippen LogP contribution in [0.2, 0.25) is 0 Å². The van der Waals surface area contributed by atoms with Gasteiger partial charge in [-0.2, -0.15) is 13.2 Å². The molecule has 0 bridgehead atoms. The first kappa shape index (κ1) is 22.9. The number of benzene rings is 1. The first-order valence-electron chi connectivity index (χ1n) is 8.57. The van der Waals surface area contributed by atoms with Gasteiger partial charge in [0.1, 0.15) is 6.10 Å². The van der Waals surface area contributed by atoms with Crippen LogP contribution in [0, 0.1) is 0 Å². The summed E-state index contributed by atoms with van der Waals surface area (Å²) in [5.41, 5.74) is 8.45. The van der Waals surface area contributed by atoms with Crippen molar-refractivity contribution in [3.05, 3.63) is 35.4 Å². The topological polar surface area (TPSA) is 102 Å². The van der Waals surface area contributed by atoms with E-state index >= 15 is 0 Å². The number of halogens is 3. The summed E-state index contributed by atoms with van der Waals surface area (Å²) in [4.78, 5) is 20.7. The van der Waals surface area contributed by atoms with Crippen molar-refractivity contribution in [2.24, 2.45) is 5.73 Å². The molecule has 1 aliphatic heterocycles. The van der Waals surface area contributed by atoms with E-state index < -0.39 is 12.1 Å². The molecule has 6 nitrogen and oxygen atoms in total. The van der Waals surface area contributed by atoms with Gasteiger partial charge in [-0.1, -0.05) is 38.1 Å². The lowest BCUT2D eigenvalue weighted by molar-refractivity contribution is -0.192. The Morgan fingerprint density at radius 1 is 1.26 bits per heavy atom. The number of amides is 1. The average molecular weight is 390 g/mol. The van der Waals surface area contributed by atoms with Gasteiger partial charge in [0.2, 0.25) is 5.91 Å². The van der Waals surface area contributed by atoms with Gasteiger partial charge in [0.05, 0.1) is 0 Å². The number of nitrogens with one attached hydrogen (secondary N) is 1. The number of carboxylic acid groups (broad SMARTS) is 1. The lowest BCUT2D eigenvalue weighted by Gasteiger charge is -2.16. The van der Waals surface area contributed by atoms with Crippen molar-refractivity contribution >= 4 is 11.9 Å². The molecule has 1 heterocycles. The molecular formula is C18H25F3N2O4. The van der Waals surface area contributed by atoms with Gasteiger partial charge in [-0.3, -0.25) is 4.79 Å². The second-order valence-electron chi connectivity index (χ2n) is 6.48. The van der Waals surface area contributed by atoms with E-state index in [9.17, 15) is 18.0 Å². The number of carbonyl (C=O) groups is 2. The van der Waals surface area contributed by atoms with E-state index in [2.05, 4.69) is 31.3 Å². The fraction of sp³-hybridized carbons (Fsp3) is 0.556. The van der Waals surface area contributed by atoms with Crippen molar-refractivity contribution in [2.45, 2.75) is 50.9 Å². The molecule has 1 fully saturated rings. The van der Waals surface area contributed by atoms with Crippen molar-refractivity contribution in [1.29, 1.82) is 0 Å². The Balaban J connectivity index is 0.000000445. The number of hydrogen-bond acceptors (Lipinski definition) is 4. The zero-order valence-electron chi connectivity index (χ0n) is 15.3. The predicted molar refractivity (Wildman–Crippen MR) is 93.1 cm³/mol. The highest BCUT2D eigenvalue weighted by atomic mass is 19.4. The predicted octanol–water partition coefficient (Wildman–Crippen LogP) is 2.74. The van der Waals surface area contributed by atoms with Crippen LogP contribution in [-0.4, -0.2) is 42.4 Å². The lowest BCUT2D eigenvalue weighted by Crippen LogP contribution is -2.38. The summed E-state index contributed by atoms with van der Waals surface area (Å²) in [6.45, 7) is 5.45. The van der Waals surface area contributed by atoms with Crippen LogP contribution >= 0.6 is 0 Å². The van der Waals surface area contributed by atoms with Crippen LogP contribution in [-0.2, 0) is 14.3 Å². The van der Waals surface area contributed by atoms with Gasteiger partial charge < -0.3 is 20.9 Å². The number of carboxylic acids is 1. The smallest absolute Gasteiger partial charge is 0.475 e. The van der Waals surface area contributed by atoms with E-state index in [1.54, 1.807) is 0 Å². The lowest BCUT2D eigenvalue weighted by atomic mass is 9.99. The molecule has 1 aromatic rings. The van der Waals surface area contributed by atoms with Gasteiger partial charge in [-0.25, -0.2) is 4.79 Å². The maximum Gasteiger partial charge on any atom is 0.490 e. The molecule has 0 saturated carbocycles. The highest BCUT2D eigenvalue weighted by Gasteiger charge is 2.38. The van der Waals surface area contributed by atoms with Crippen LogP contribution in [0.3, 0.4) is 0 Å². The molecule has 0 radical (unpaired) electrons. The number of carbonyl (C=O) groups excluding carboxylic acids is 1. The van der Waals surface area contributed by atoms with Crippen molar-refractivity contribution in [2.75, 3.05) is 13.2 Å². The van der Waals surface area contributed by atoms with Crippen LogP contribution in [0.15, 0.2) is 24.3 Å². The van der Waals surface area contributed by atoms with Crippen molar-refractivity contribution in [3.63, 3.8) is 0 Å². The Hall–Kier alpha value is -2.13. The molecule has 2 unspecified atom stereocenters. The van der Waals surface area contributed by atoms with Crippen LogP contribution in [0.4, 0.5) is 13.2 Å². The summed E-state index contributed by atoms with van der Waals surface area (Å²) in [5, 5.41) is 10.00. The van der Waals surface area contributed by atoms with Gasteiger partial charge in [-0.15, -0.1) is 0 Å². The van der Waals surface area contributed by atoms with Crippen molar-refractivity contribution in [3.8, 4) is 0 Å². The molecule has 0 aromatic heterocycles. The van der Waals surface area contributed by atoms with Gasteiger partial charge in [-0.05, 0) is 29.9 Å². The molecular weight excluding hydrogens is 365 g/mol. The van der Waals surface area contributed by atoms with E-state index in [-0.39, 0.29) is 18.1 Å². The fourth-order valence-corrected chi connectivity index (χ4v) is 2.35. The van der Waals surface area contributed by atoms with E-state index in [4.69, 9.17) is 20.4 Å². The standard InChI is InChI=1S/C16H24N2O2.C2HF3O2/c1-11(2)12-5-7-13(8-6-12)14(17)10-18-16(19)15-4-3-9-20-15;3-2(4,5)1(6)7/h5-8,11,14-15H,3-4,9-10,17H2,1-2H3,(H,18,19);(H,6,7). The molecule has 9 heteroatoms. The van der Waals surface area contributed by atoms with E-state index in [0.29, 0.717) is 19.1 Å². The Morgan fingerprint density at radius 3 is 2.19 bits per heavy atom. The SMILES string of the molecule is CC(C)c1ccc(C(N)CNC(=O)C2CCCO2)cc1.O=C(O)C(F)(F)F. The molecule has 2 rings (SSSR count). The van der Waals surface area contributed by atoms with Gasteiger partial charge in [0, 0.05) is 19.2 Å². The number of nitrogens with two attached hydrogens (primary N) is 1. The van der Waals surface area contributed by atoms with Gasteiger partial charge >= 0.3 is 12.1 Å². The third-order valence-corrected chi connectivity index (χ3v) is 3.99. The van der Waals surface area contributed by atoms with E-state index in [1.807, 2.05) is 12.1 Å². The summed E-state index contributed by atoms with van der Waals surface area (Å²) in [7, 11) is 0. The second-order valence-corrected chi connectivity index (χ2v) is 6.48. The first-order chi connectivity index (χ1) is 12.5. The molecule has 2 atom stereocenters. The molecule has 27 heavy (non-hydrogen) atoms. The minimum Gasteiger partial charge on any atom is -0.475 e. The highest BCUT2D eigenvalue weighted by molar-refractivity contribution is 5.81. The molecule has 152 valence electrons. The summed E-state index contributed by atoms with van der Waals surface area (Å²) in [6, 6.07) is 8.10. The Bertz CT molecular complexity index is 612. The van der Waals surface area contributed by atoms with E-state index in [1.165, 1.54) is 5.56 Å². The molecule has 0 aliphatic carbocycles. The quantitative estimate of drug-likeness (QED) is 0.718. The Labute approximate surface area is 155 Å².